The lowest BCUT2D eigenvalue weighted by molar-refractivity contribution is 0.379. The van der Waals surface area contributed by atoms with Gasteiger partial charge in [-0.1, -0.05) is 26.8 Å². The Morgan fingerprint density at radius 2 is 2.15 bits per heavy atom. The number of guanidine groups is 1. The minimum Gasteiger partial charge on any atom is -0.443 e. The predicted molar refractivity (Wildman–Crippen MR) is 107 cm³/mol. The van der Waals surface area contributed by atoms with E-state index in [0.717, 1.165) is 22.9 Å². The minimum absolute atomic E-state index is 0.0585. The summed E-state index contributed by atoms with van der Waals surface area (Å²) in [4.78, 5) is 14.4. The molecule has 0 bridgehead atoms. The summed E-state index contributed by atoms with van der Waals surface area (Å²) in [6.07, 6.45) is 3.42. The molecule has 0 aliphatic rings. The molecule has 0 aliphatic heterocycles. The van der Waals surface area contributed by atoms with Gasteiger partial charge in [-0.3, -0.25) is 0 Å². The number of hydrogen-bond donors (Lipinski definition) is 2. The predicted octanol–water partition coefficient (Wildman–Crippen LogP) is 3.94. The van der Waals surface area contributed by atoms with Gasteiger partial charge in [-0.15, -0.1) is 11.3 Å². The lowest BCUT2D eigenvalue weighted by atomic mass is 9.94. The van der Waals surface area contributed by atoms with E-state index in [9.17, 15) is 0 Å². The molecule has 3 rings (SSSR count). The SMILES string of the molecule is CCNC(=NCc1coc(-c2cccs2)n1)NCc1ncc(C(C)(C)C)o1. The van der Waals surface area contributed by atoms with E-state index in [1.807, 2.05) is 24.4 Å². The third-order valence-electron chi connectivity index (χ3n) is 3.73. The quantitative estimate of drug-likeness (QED) is 0.492. The number of rotatable bonds is 6. The van der Waals surface area contributed by atoms with E-state index < -0.39 is 0 Å². The van der Waals surface area contributed by atoms with Crippen LogP contribution in [0.3, 0.4) is 0 Å². The van der Waals surface area contributed by atoms with Crippen molar-refractivity contribution in [2.24, 2.45) is 4.99 Å². The van der Waals surface area contributed by atoms with E-state index in [-0.39, 0.29) is 5.41 Å². The van der Waals surface area contributed by atoms with Crippen molar-refractivity contribution in [2.45, 2.75) is 46.2 Å². The summed E-state index contributed by atoms with van der Waals surface area (Å²) in [5, 5.41) is 8.44. The zero-order valence-corrected chi connectivity index (χ0v) is 16.9. The molecule has 3 aromatic rings. The van der Waals surface area contributed by atoms with Crippen molar-refractivity contribution >= 4 is 17.3 Å². The van der Waals surface area contributed by atoms with Crippen molar-refractivity contribution in [3.63, 3.8) is 0 Å². The Hall–Kier alpha value is -2.61. The maximum atomic E-state index is 5.80. The van der Waals surface area contributed by atoms with Gasteiger partial charge in [0.15, 0.2) is 5.96 Å². The number of aliphatic imine (C=N–C) groups is 1. The number of nitrogens with zero attached hydrogens (tertiary/aromatic N) is 3. The lowest BCUT2D eigenvalue weighted by Crippen LogP contribution is -2.36. The van der Waals surface area contributed by atoms with Crippen molar-refractivity contribution in [1.29, 1.82) is 0 Å². The standard InChI is InChI=1S/C19H25N5O2S/c1-5-20-18(23-11-16-21-10-15(26-16)19(2,3)4)22-9-13-12-25-17(24-13)14-7-6-8-27-14/h6-8,10,12H,5,9,11H2,1-4H3,(H2,20,22,23). The number of hydrogen-bond acceptors (Lipinski definition) is 6. The molecular formula is C19H25N5O2S. The fraction of sp³-hybridized carbons (Fsp3) is 0.421. The molecule has 8 heteroatoms. The van der Waals surface area contributed by atoms with Gasteiger partial charge in [0.05, 0.1) is 24.2 Å². The summed E-state index contributed by atoms with van der Waals surface area (Å²) in [6, 6.07) is 3.96. The average Bonchev–Trinajstić information content (AvgIpc) is 3.38. The van der Waals surface area contributed by atoms with Crippen LogP contribution in [-0.2, 0) is 18.5 Å². The van der Waals surface area contributed by atoms with Crippen LogP contribution < -0.4 is 10.6 Å². The van der Waals surface area contributed by atoms with Gasteiger partial charge in [0.1, 0.15) is 17.7 Å². The maximum absolute atomic E-state index is 5.80. The summed E-state index contributed by atoms with van der Waals surface area (Å²) in [6.45, 7) is 9.94. The monoisotopic (exact) mass is 387 g/mol. The molecule has 3 aromatic heterocycles. The highest BCUT2D eigenvalue weighted by molar-refractivity contribution is 7.13. The van der Waals surface area contributed by atoms with Gasteiger partial charge in [0.25, 0.3) is 0 Å². The number of oxazole rings is 2. The Bertz CT molecular complexity index is 874. The first-order chi connectivity index (χ1) is 13.0. The number of thiophene rings is 1. The van der Waals surface area contributed by atoms with Crippen molar-refractivity contribution in [3.8, 4) is 10.8 Å². The first-order valence-electron chi connectivity index (χ1n) is 8.91. The molecule has 7 nitrogen and oxygen atoms in total. The second-order valence-corrected chi connectivity index (χ2v) is 7.99. The highest BCUT2D eigenvalue weighted by atomic mass is 32.1. The van der Waals surface area contributed by atoms with Gasteiger partial charge in [0.2, 0.25) is 11.8 Å². The summed E-state index contributed by atoms with van der Waals surface area (Å²) in [5.74, 6) is 2.80. The lowest BCUT2D eigenvalue weighted by Gasteiger charge is -2.13. The Morgan fingerprint density at radius 1 is 1.30 bits per heavy atom. The highest BCUT2D eigenvalue weighted by Crippen LogP contribution is 2.24. The molecule has 0 atom stereocenters. The van der Waals surface area contributed by atoms with Gasteiger partial charge in [-0.05, 0) is 18.4 Å². The van der Waals surface area contributed by atoms with E-state index in [2.05, 4.69) is 46.4 Å². The normalized spacial score (nSPS) is 12.4. The molecule has 0 saturated carbocycles. The minimum atomic E-state index is -0.0585. The van der Waals surface area contributed by atoms with Crippen LogP contribution in [-0.4, -0.2) is 22.5 Å². The van der Waals surface area contributed by atoms with Gasteiger partial charge in [0, 0.05) is 12.0 Å². The summed E-state index contributed by atoms with van der Waals surface area (Å²) >= 11 is 1.60. The summed E-state index contributed by atoms with van der Waals surface area (Å²) < 4.78 is 11.3. The molecule has 0 saturated heterocycles. The second kappa shape index (κ2) is 8.39. The Kier molecular flexibility index (Phi) is 5.95. The van der Waals surface area contributed by atoms with Crippen LogP contribution >= 0.6 is 11.3 Å². The largest absolute Gasteiger partial charge is 0.443 e. The molecule has 0 fully saturated rings. The first kappa shape index (κ1) is 19.2. The van der Waals surface area contributed by atoms with Crippen LogP contribution in [0.25, 0.3) is 10.8 Å². The van der Waals surface area contributed by atoms with Crippen LogP contribution in [0.5, 0.6) is 0 Å². The van der Waals surface area contributed by atoms with E-state index in [0.29, 0.717) is 30.8 Å². The molecule has 144 valence electrons. The second-order valence-electron chi connectivity index (χ2n) is 7.04. The fourth-order valence-corrected chi connectivity index (χ4v) is 2.95. The highest BCUT2D eigenvalue weighted by Gasteiger charge is 2.19. The zero-order valence-electron chi connectivity index (χ0n) is 16.1. The van der Waals surface area contributed by atoms with Gasteiger partial charge in [-0.25, -0.2) is 15.0 Å². The molecule has 0 aliphatic carbocycles. The summed E-state index contributed by atoms with van der Waals surface area (Å²) in [7, 11) is 0. The first-order valence-corrected chi connectivity index (χ1v) is 9.79. The van der Waals surface area contributed by atoms with Gasteiger partial charge >= 0.3 is 0 Å². The average molecular weight is 388 g/mol. The van der Waals surface area contributed by atoms with E-state index in [1.54, 1.807) is 23.8 Å². The van der Waals surface area contributed by atoms with Crippen molar-refractivity contribution in [2.75, 3.05) is 6.54 Å². The molecule has 0 amide bonds. The molecule has 2 N–H and O–H groups in total. The Balaban J connectivity index is 1.60. The van der Waals surface area contributed by atoms with Crippen molar-refractivity contribution in [3.05, 3.63) is 47.3 Å². The zero-order chi connectivity index (χ0) is 19.3. The topological polar surface area (TPSA) is 88.5 Å². The Labute approximate surface area is 162 Å². The van der Waals surface area contributed by atoms with Gasteiger partial charge in [-0.2, -0.15) is 0 Å². The van der Waals surface area contributed by atoms with E-state index in [1.165, 1.54) is 0 Å². The van der Waals surface area contributed by atoms with Crippen molar-refractivity contribution < 1.29 is 8.83 Å². The van der Waals surface area contributed by atoms with Crippen LogP contribution in [0.15, 0.2) is 43.8 Å². The van der Waals surface area contributed by atoms with Crippen molar-refractivity contribution in [1.82, 2.24) is 20.6 Å². The molecule has 27 heavy (non-hydrogen) atoms. The molecule has 0 aromatic carbocycles. The van der Waals surface area contributed by atoms with Crippen LogP contribution in [0.2, 0.25) is 0 Å². The summed E-state index contributed by atoms with van der Waals surface area (Å²) in [5.41, 5.74) is 0.721. The molecular weight excluding hydrogens is 362 g/mol. The number of aromatic nitrogens is 2. The van der Waals surface area contributed by atoms with E-state index in [4.69, 9.17) is 8.83 Å². The van der Waals surface area contributed by atoms with Crippen LogP contribution in [0, 0.1) is 0 Å². The number of nitrogens with one attached hydrogen (secondary N) is 2. The smallest absolute Gasteiger partial charge is 0.236 e. The van der Waals surface area contributed by atoms with Crippen LogP contribution in [0.4, 0.5) is 0 Å². The fourth-order valence-electron chi connectivity index (χ4n) is 2.29. The Morgan fingerprint density at radius 3 is 2.81 bits per heavy atom. The molecule has 0 unspecified atom stereocenters. The molecule has 0 spiro atoms. The van der Waals surface area contributed by atoms with Gasteiger partial charge < -0.3 is 19.5 Å². The third-order valence-corrected chi connectivity index (χ3v) is 4.58. The third kappa shape index (κ3) is 5.19. The molecule has 0 radical (unpaired) electrons. The van der Waals surface area contributed by atoms with E-state index >= 15 is 0 Å². The van der Waals surface area contributed by atoms with Crippen LogP contribution in [0.1, 0.15) is 45.0 Å². The molecule has 3 heterocycles. The maximum Gasteiger partial charge on any atom is 0.236 e.